The summed E-state index contributed by atoms with van der Waals surface area (Å²) >= 11 is 6.03. The van der Waals surface area contributed by atoms with Crippen molar-refractivity contribution in [3.05, 3.63) is 40.4 Å². The van der Waals surface area contributed by atoms with Gasteiger partial charge in [0.25, 0.3) is 5.91 Å². The molecule has 0 bridgehead atoms. The summed E-state index contributed by atoms with van der Waals surface area (Å²) in [4.78, 5) is 23.6. The Morgan fingerprint density at radius 1 is 1.18 bits per heavy atom. The van der Waals surface area contributed by atoms with E-state index in [9.17, 15) is 9.59 Å². The average molecular weight is 321 g/mol. The molecule has 22 heavy (non-hydrogen) atoms. The smallest absolute Gasteiger partial charge is 0.262 e. The Balaban J connectivity index is 1.80. The summed E-state index contributed by atoms with van der Waals surface area (Å²) in [6.07, 6.45) is 8.20. The van der Waals surface area contributed by atoms with Gasteiger partial charge in [-0.05, 0) is 43.0 Å². The van der Waals surface area contributed by atoms with Gasteiger partial charge in [-0.25, -0.2) is 0 Å². The Kier molecular flexibility index (Phi) is 6.01. The minimum Gasteiger partial charge on any atom is -0.273 e. The minimum atomic E-state index is -0.360. The molecule has 0 unspecified atom stereocenters. The zero-order valence-electron chi connectivity index (χ0n) is 12.7. The largest absolute Gasteiger partial charge is 0.273 e. The van der Waals surface area contributed by atoms with Gasteiger partial charge in [0, 0.05) is 17.0 Å². The summed E-state index contributed by atoms with van der Waals surface area (Å²) < 4.78 is 0. The van der Waals surface area contributed by atoms with Crippen molar-refractivity contribution in [2.24, 2.45) is 5.92 Å². The fraction of sp³-hybridized carbons (Fsp3) is 0.412. The second kappa shape index (κ2) is 7.99. The Bertz CT molecular complexity index is 578. The van der Waals surface area contributed by atoms with Gasteiger partial charge in [0.15, 0.2) is 0 Å². The first kappa shape index (κ1) is 16.6. The minimum absolute atomic E-state index is 0.0222. The highest BCUT2D eigenvalue weighted by Gasteiger charge is 2.20. The van der Waals surface area contributed by atoms with E-state index < -0.39 is 0 Å². The van der Waals surface area contributed by atoms with Crippen LogP contribution in [0.25, 0.3) is 6.08 Å². The average Bonchev–Trinajstić information content (AvgIpc) is 2.54. The molecular formula is C17H21ClN2O2. The highest BCUT2D eigenvalue weighted by molar-refractivity contribution is 6.31. The van der Waals surface area contributed by atoms with E-state index in [4.69, 9.17) is 11.6 Å². The van der Waals surface area contributed by atoms with Gasteiger partial charge in [0.2, 0.25) is 5.91 Å². The number of hydrogen-bond acceptors (Lipinski definition) is 2. The van der Waals surface area contributed by atoms with Crippen LogP contribution >= 0.6 is 11.6 Å². The lowest BCUT2D eigenvalue weighted by atomic mass is 9.89. The number of halogens is 1. The number of carbonyl (C=O) groups excluding carboxylic acids is 2. The molecule has 0 atom stereocenters. The Labute approximate surface area is 135 Å². The van der Waals surface area contributed by atoms with Gasteiger partial charge >= 0.3 is 0 Å². The van der Waals surface area contributed by atoms with Crippen LogP contribution in [-0.2, 0) is 9.59 Å². The number of nitrogens with one attached hydrogen (secondary N) is 2. The molecule has 1 aliphatic rings. The maximum absolute atomic E-state index is 11.9. The molecule has 1 aromatic rings. The first-order valence-corrected chi connectivity index (χ1v) is 7.98. The maximum Gasteiger partial charge on any atom is 0.262 e. The van der Waals surface area contributed by atoms with Crippen LogP contribution in [0.3, 0.4) is 0 Å². The zero-order valence-corrected chi connectivity index (χ0v) is 13.5. The number of aryl methyl sites for hydroxylation is 1. The second-order valence-electron chi connectivity index (χ2n) is 5.66. The molecule has 2 N–H and O–H groups in total. The van der Waals surface area contributed by atoms with Crippen molar-refractivity contribution in [3.63, 3.8) is 0 Å². The van der Waals surface area contributed by atoms with E-state index in [0.717, 1.165) is 36.8 Å². The van der Waals surface area contributed by atoms with Crippen LogP contribution in [0.1, 0.15) is 43.2 Å². The van der Waals surface area contributed by atoms with E-state index in [1.165, 1.54) is 12.5 Å². The van der Waals surface area contributed by atoms with Gasteiger partial charge in [-0.15, -0.1) is 0 Å². The van der Waals surface area contributed by atoms with Crippen molar-refractivity contribution < 1.29 is 9.59 Å². The molecule has 5 heteroatoms. The van der Waals surface area contributed by atoms with Crippen molar-refractivity contribution in [2.45, 2.75) is 39.0 Å². The van der Waals surface area contributed by atoms with Gasteiger partial charge in [-0.1, -0.05) is 43.0 Å². The number of hydrazine groups is 1. The second-order valence-corrected chi connectivity index (χ2v) is 6.06. The number of carbonyl (C=O) groups is 2. The summed E-state index contributed by atoms with van der Waals surface area (Å²) in [5.74, 6) is -0.436. The number of rotatable bonds is 3. The van der Waals surface area contributed by atoms with Crippen molar-refractivity contribution in [2.75, 3.05) is 0 Å². The third-order valence-corrected chi connectivity index (χ3v) is 4.32. The molecule has 118 valence electrons. The van der Waals surface area contributed by atoms with Crippen LogP contribution in [0.15, 0.2) is 24.3 Å². The molecule has 1 fully saturated rings. The number of hydrogen-bond donors (Lipinski definition) is 2. The lowest BCUT2D eigenvalue weighted by molar-refractivity contribution is -0.130. The molecule has 0 heterocycles. The van der Waals surface area contributed by atoms with Crippen molar-refractivity contribution >= 4 is 29.5 Å². The standard InChI is InChI=1S/C17H21ClN2O2/c1-12-7-8-13(11-15(12)18)9-10-16(21)19-20-17(22)14-5-3-2-4-6-14/h7-11,14H,2-6H2,1H3,(H,19,21)(H,20,22)/b10-9+. The van der Waals surface area contributed by atoms with E-state index >= 15 is 0 Å². The van der Waals surface area contributed by atoms with E-state index in [-0.39, 0.29) is 17.7 Å². The predicted molar refractivity (Wildman–Crippen MR) is 88.1 cm³/mol. The van der Waals surface area contributed by atoms with Crippen molar-refractivity contribution in [1.82, 2.24) is 10.9 Å². The van der Waals surface area contributed by atoms with Gasteiger partial charge in [0.05, 0.1) is 0 Å². The third kappa shape index (κ3) is 4.88. The molecule has 1 aliphatic carbocycles. The molecule has 2 rings (SSSR count). The summed E-state index contributed by atoms with van der Waals surface area (Å²) in [7, 11) is 0. The van der Waals surface area contributed by atoms with Crippen LogP contribution < -0.4 is 10.9 Å². The van der Waals surface area contributed by atoms with Crippen LogP contribution in [0, 0.1) is 12.8 Å². The Morgan fingerprint density at radius 2 is 1.91 bits per heavy atom. The van der Waals surface area contributed by atoms with Crippen LogP contribution in [-0.4, -0.2) is 11.8 Å². The first-order valence-electron chi connectivity index (χ1n) is 7.60. The quantitative estimate of drug-likeness (QED) is 0.662. The number of benzene rings is 1. The van der Waals surface area contributed by atoms with Gasteiger partial charge < -0.3 is 0 Å². The lowest BCUT2D eigenvalue weighted by Gasteiger charge is -2.20. The van der Waals surface area contributed by atoms with Gasteiger partial charge in [0.1, 0.15) is 0 Å². The fourth-order valence-corrected chi connectivity index (χ4v) is 2.71. The molecule has 0 aromatic heterocycles. The molecule has 1 aromatic carbocycles. The molecule has 0 saturated heterocycles. The van der Waals surface area contributed by atoms with Crippen LogP contribution in [0.2, 0.25) is 5.02 Å². The van der Waals surface area contributed by atoms with E-state index in [1.807, 2.05) is 19.1 Å². The van der Waals surface area contributed by atoms with E-state index in [1.54, 1.807) is 12.1 Å². The third-order valence-electron chi connectivity index (χ3n) is 3.91. The lowest BCUT2D eigenvalue weighted by Crippen LogP contribution is -2.44. The topological polar surface area (TPSA) is 58.2 Å². The molecule has 0 aliphatic heterocycles. The SMILES string of the molecule is Cc1ccc(/C=C/C(=O)NNC(=O)C2CCCCC2)cc1Cl. The van der Waals surface area contributed by atoms with Gasteiger partial charge in [-0.3, -0.25) is 20.4 Å². The molecule has 1 saturated carbocycles. The maximum atomic E-state index is 11.9. The summed E-state index contributed by atoms with van der Waals surface area (Å²) in [6.45, 7) is 1.92. The Hall–Kier alpha value is -1.81. The molecule has 2 amide bonds. The predicted octanol–water partition coefficient (Wildman–Crippen LogP) is 3.39. The van der Waals surface area contributed by atoms with Crippen molar-refractivity contribution in [1.29, 1.82) is 0 Å². The Morgan fingerprint density at radius 3 is 2.59 bits per heavy atom. The number of amides is 2. The summed E-state index contributed by atoms with van der Waals surface area (Å²) in [6, 6.07) is 5.57. The summed E-state index contributed by atoms with van der Waals surface area (Å²) in [5, 5.41) is 0.660. The van der Waals surface area contributed by atoms with Gasteiger partial charge in [-0.2, -0.15) is 0 Å². The van der Waals surface area contributed by atoms with Crippen LogP contribution in [0.4, 0.5) is 0 Å². The molecule has 0 radical (unpaired) electrons. The summed E-state index contributed by atoms with van der Waals surface area (Å²) in [5.41, 5.74) is 6.74. The molecule has 4 nitrogen and oxygen atoms in total. The monoisotopic (exact) mass is 320 g/mol. The van der Waals surface area contributed by atoms with Crippen LogP contribution in [0.5, 0.6) is 0 Å². The highest BCUT2D eigenvalue weighted by Crippen LogP contribution is 2.23. The zero-order chi connectivity index (χ0) is 15.9. The fourth-order valence-electron chi connectivity index (χ4n) is 2.52. The highest BCUT2D eigenvalue weighted by atomic mass is 35.5. The molecular weight excluding hydrogens is 300 g/mol. The first-order chi connectivity index (χ1) is 10.6. The normalized spacial score (nSPS) is 15.7. The van der Waals surface area contributed by atoms with E-state index in [0.29, 0.717) is 5.02 Å². The van der Waals surface area contributed by atoms with E-state index in [2.05, 4.69) is 10.9 Å². The molecule has 0 spiro atoms. The van der Waals surface area contributed by atoms with Crippen molar-refractivity contribution in [3.8, 4) is 0 Å².